The number of hydrogen-bond acceptors (Lipinski definition) is 7. The number of halogens is 5. The molecule has 29 heavy (non-hydrogen) atoms. The molecule has 1 aliphatic carbocycles. The van der Waals surface area contributed by atoms with Crippen molar-refractivity contribution in [1.82, 2.24) is 20.2 Å². The normalized spacial score (nSPS) is 21.7. The van der Waals surface area contributed by atoms with E-state index in [1.54, 1.807) is 0 Å². The van der Waals surface area contributed by atoms with E-state index in [-0.39, 0.29) is 29.9 Å². The molecule has 1 saturated carbocycles. The second kappa shape index (κ2) is 6.72. The molecule has 0 spiro atoms. The van der Waals surface area contributed by atoms with E-state index in [0.717, 1.165) is 24.5 Å². The molecule has 3 aromatic rings. The minimum Gasteiger partial charge on any atom is -0.413 e. The van der Waals surface area contributed by atoms with Crippen molar-refractivity contribution in [2.45, 2.75) is 30.7 Å². The lowest BCUT2D eigenvalue weighted by Crippen LogP contribution is -2.51. The third-order valence-corrected chi connectivity index (χ3v) is 4.53. The second-order valence-electron chi connectivity index (χ2n) is 6.57. The van der Waals surface area contributed by atoms with Gasteiger partial charge in [-0.05, 0) is 12.1 Å². The van der Waals surface area contributed by atoms with E-state index in [0.29, 0.717) is 0 Å². The molecule has 1 aromatic carbocycles. The third-order valence-electron chi connectivity index (χ3n) is 4.53. The molecule has 1 fully saturated rings. The SMILES string of the molecule is OC1CC(Nc2ncc(-c3nnc(C(F)(F)F)o3)cn2)(c2c(F)cccc2F)C1. The third kappa shape index (κ3) is 3.50. The smallest absolute Gasteiger partial charge is 0.413 e. The Morgan fingerprint density at radius 1 is 1.07 bits per heavy atom. The van der Waals surface area contributed by atoms with E-state index in [9.17, 15) is 27.1 Å². The zero-order valence-corrected chi connectivity index (χ0v) is 14.4. The van der Waals surface area contributed by atoms with Crippen molar-refractivity contribution >= 4 is 5.95 Å². The van der Waals surface area contributed by atoms with Gasteiger partial charge in [0.25, 0.3) is 5.89 Å². The van der Waals surface area contributed by atoms with Gasteiger partial charge in [0.15, 0.2) is 0 Å². The van der Waals surface area contributed by atoms with E-state index in [4.69, 9.17) is 0 Å². The molecule has 0 saturated heterocycles. The standard InChI is InChI=1S/C17H12F5N5O2/c18-10-2-1-3-11(19)12(10)16(4-9(28)5-16)25-15-23-6-8(7-24-15)13-26-27-14(29-13)17(20,21)22/h1-3,6-7,9,28H,4-5H2,(H,23,24,25). The lowest BCUT2D eigenvalue weighted by Gasteiger charge is -2.46. The Kier molecular flexibility index (Phi) is 4.45. The van der Waals surface area contributed by atoms with Crippen LogP contribution >= 0.6 is 0 Å². The summed E-state index contributed by atoms with van der Waals surface area (Å²) in [6.45, 7) is 0. The molecule has 0 amide bonds. The van der Waals surface area contributed by atoms with Crippen molar-refractivity contribution < 1.29 is 31.5 Å². The van der Waals surface area contributed by atoms with Crippen LogP contribution in [-0.4, -0.2) is 31.4 Å². The molecule has 4 rings (SSSR count). The Labute approximate surface area is 159 Å². The number of aliphatic hydroxyl groups excluding tert-OH is 1. The van der Waals surface area contributed by atoms with Crippen molar-refractivity contribution in [1.29, 1.82) is 0 Å². The molecular weight excluding hydrogens is 401 g/mol. The van der Waals surface area contributed by atoms with Crippen molar-refractivity contribution in [2.75, 3.05) is 5.32 Å². The van der Waals surface area contributed by atoms with Gasteiger partial charge in [0.05, 0.1) is 17.2 Å². The summed E-state index contributed by atoms with van der Waals surface area (Å²) in [5, 5.41) is 18.7. The number of anilines is 1. The molecule has 7 nitrogen and oxygen atoms in total. The number of hydrogen-bond donors (Lipinski definition) is 2. The Hall–Kier alpha value is -3.15. The van der Waals surface area contributed by atoms with Crippen LogP contribution in [0.25, 0.3) is 11.5 Å². The van der Waals surface area contributed by atoms with Crippen LogP contribution in [0.4, 0.5) is 27.9 Å². The highest BCUT2D eigenvalue weighted by molar-refractivity contribution is 5.51. The summed E-state index contributed by atoms with van der Waals surface area (Å²) in [5.41, 5.74) is -1.48. The van der Waals surface area contributed by atoms with Gasteiger partial charge >= 0.3 is 12.1 Å². The van der Waals surface area contributed by atoms with E-state index < -0.39 is 41.2 Å². The summed E-state index contributed by atoms with van der Waals surface area (Å²) in [6, 6.07) is 3.43. The maximum atomic E-state index is 14.3. The van der Waals surface area contributed by atoms with Crippen molar-refractivity contribution in [3.63, 3.8) is 0 Å². The Morgan fingerprint density at radius 2 is 1.69 bits per heavy atom. The molecule has 0 bridgehead atoms. The molecule has 0 radical (unpaired) electrons. The molecule has 0 atom stereocenters. The maximum Gasteiger partial charge on any atom is 0.470 e. The average Bonchev–Trinajstić information content (AvgIpc) is 3.11. The number of aliphatic hydroxyl groups is 1. The fourth-order valence-electron chi connectivity index (χ4n) is 3.24. The molecule has 2 N–H and O–H groups in total. The first-order valence-electron chi connectivity index (χ1n) is 8.32. The summed E-state index contributed by atoms with van der Waals surface area (Å²) in [5.74, 6) is -3.55. The van der Waals surface area contributed by atoms with Gasteiger partial charge in [0, 0.05) is 30.8 Å². The largest absolute Gasteiger partial charge is 0.470 e. The Balaban J connectivity index is 1.60. The first kappa shape index (κ1) is 19.2. The summed E-state index contributed by atoms with van der Waals surface area (Å²) < 4.78 is 70.7. The van der Waals surface area contributed by atoms with Crippen LogP contribution in [0.2, 0.25) is 0 Å². The summed E-state index contributed by atoms with van der Waals surface area (Å²) in [4.78, 5) is 7.89. The molecule has 0 unspecified atom stereocenters. The zero-order chi connectivity index (χ0) is 20.8. The molecule has 2 aromatic heterocycles. The van der Waals surface area contributed by atoms with Gasteiger partial charge in [0.1, 0.15) is 11.6 Å². The van der Waals surface area contributed by atoms with Gasteiger partial charge in [-0.25, -0.2) is 18.7 Å². The van der Waals surface area contributed by atoms with E-state index in [2.05, 4.69) is 29.9 Å². The Morgan fingerprint density at radius 3 is 2.21 bits per heavy atom. The van der Waals surface area contributed by atoms with Gasteiger partial charge in [0.2, 0.25) is 5.95 Å². The van der Waals surface area contributed by atoms with Crippen LogP contribution in [0.15, 0.2) is 35.0 Å². The fourth-order valence-corrected chi connectivity index (χ4v) is 3.24. The molecular formula is C17H12F5N5O2. The highest BCUT2D eigenvalue weighted by atomic mass is 19.4. The quantitative estimate of drug-likeness (QED) is 0.634. The summed E-state index contributed by atoms with van der Waals surface area (Å²) >= 11 is 0. The maximum absolute atomic E-state index is 14.3. The van der Waals surface area contributed by atoms with Crippen LogP contribution in [0.3, 0.4) is 0 Å². The molecule has 1 aliphatic rings. The predicted octanol–water partition coefficient (Wildman–Crippen LogP) is 3.29. The topological polar surface area (TPSA) is 97.0 Å². The van der Waals surface area contributed by atoms with Gasteiger partial charge in [-0.1, -0.05) is 6.07 Å². The monoisotopic (exact) mass is 413 g/mol. The van der Waals surface area contributed by atoms with Crippen LogP contribution in [0.5, 0.6) is 0 Å². The van der Waals surface area contributed by atoms with Gasteiger partial charge in [-0.15, -0.1) is 10.2 Å². The fraction of sp³-hybridized carbons (Fsp3) is 0.294. The number of aromatic nitrogens is 4. The summed E-state index contributed by atoms with van der Waals surface area (Å²) in [6.07, 6.45) is -3.25. The number of nitrogens with one attached hydrogen (secondary N) is 1. The predicted molar refractivity (Wildman–Crippen MR) is 87.2 cm³/mol. The molecule has 152 valence electrons. The second-order valence-corrected chi connectivity index (χ2v) is 6.57. The van der Waals surface area contributed by atoms with Gasteiger partial charge in [-0.2, -0.15) is 13.2 Å². The van der Waals surface area contributed by atoms with Crippen molar-refractivity contribution in [2.24, 2.45) is 0 Å². The molecule has 12 heteroatoms. The number of nitrogens with zero attached hydrogens (tertiary/aromatic N) is 4. The van der Waals surface area contributed by atoms with Crippen molar-refractivity contribution in [3.8, 4) is 11.5 Å². The van der Waals surface area contributed by atoms with E-state index >= 15 is 0 Å². The first-order chi connectivity index (χ1) is 13.7. The van der Waals surface area contributed by atoms with E-state index in [1.165, 1.54) is 6.07 Å². The van der Waals surface area contributed by atoms with Crippen LogP contribution in [0.1, 0.15) is 24.3 Å². The van der Waals surface area contributed by atoms with E-state index in [1.807, 2.05) is 0 Å². The van der Waals surface area contributed by atoms with Crippen LogP contribution in [0, 0.1) is 11.6 Å². The highest BCUT2D eigenvalue weighted by Gasteiger charge is 2.48. The van der Waals surface area contributed by atoms with Crippen molar-refractivity contribution in [3.05, 3.63) is 53.7 Å². The molecule has 2 heterocycles. The Bertz CT molecular complexity index is 1010. The molecule has 0 aliphatic heterocycles. The zero-order valence-electron chi connectivity index (χ0n) is 14.4. The number of benzene rings is 1. The van der Waals surface area contributed by atoms with Gasteiger partial charge in [-0.3, -0.25) is 0 Å². The number of alkyl halides is 3. The minimum atomic E-state index is -4.78. The number of rotatable bonds is 4. The van der Waals surface area contributed by atoms with Crippen LogP contribution < -0.4 is 5.32 Å². The minimum absolute atomic E-state index is 0.0224. The van der Waals surface area contributed by atoms with Gasteiger partial charge < -0.3 is 14.8 Å². The summed E-state index contributed by atoms with van der Waals surface area (Å²) in [7, 11) is 0. The van der Waals surface area contributed by atoms with Crippen LogP contribution in [-0.2, 0) is 11.7 Å². The lowest BCUT2D eigenvalue weighted by atomic mass is 9.69. The lowest BCUT2D eigenvalue weighted by molar-refractivity contribution is -0.156. The first-order valence-corrected chi connectivity index (χ1v) is 8.32. The average molecular weight is 413 g/mol. The highest BCUT2D eigenvalue weighted by Crippen LogP contribution is 2.45.